The molecule has 1 aliphatic heterocycles. The number of unbranched alkanes of at least 4 members (excludes halogenated alkanes) is 1. The number of methoxy groups -OCH3 is 1. The zero-order valence-electron chi connectivity index (χ0n) is 21.9. The maximum absolute atomic E-state index is 13.7. The monoisotopic (exact) mass is 490 g/mol. The topological polar surface area (TPSA) is 93.2 Å². The molecule has 1 saturated heterocycles. The molecule has 0 radical (unpaired) electrons. The second kappa shape index (κ2) is 12.2. The second-order valence-corrected chi connectivity index (χ2v) is 10.3. The number of likely N-dealkylation sites (tertiary alicyclic amines) is 1. The Labute approximate surface area is 215 Å². The van der Waals surface area contributed by atoms with E-state index in [0.717, 1.165) is 29.7 Å². The number of benzene rings is 2. The van der Waals surface area contributed by atoms with Gasteiger partial charge in [0, 0.05) is 19.3 Å². The lowest BCUT2D eigenvalue weighted by molar-refractivity contribution is -0.857. The number of para-hydroxylation sites is 1. The normalized spacial score (nSPS) is 21.0. The summed E-state index contributed by atoms with van der Waals surface area (Å²) in [6.45, 7) is 5.34. The van der Waals surface area contributed by atoms with Crippen LogP contribution in [-0.4, -0.2) is 42.5 Å². The van der Waals surface area contributed by atoms with Gasteiger partial charge in [-0.15, -0.1) is 0 Å². The van der Waals surface area contributed by atoms with Crippen LogP contribution >= 0.6 is 0 Å². The lowest BCUT2D eigenvalue weighted by atomic mass is 9.69. The van der Waals surface area contributed by atoms with Gasteiger partial charge in [0.2, 0.25) is 0 Å². The molecule has 2 aromatic rings. The van der Waals surface area contributed by atoms with Crippen molar-refractivity contribution >= 4 is 11.8 Å². The van der Waals surface area contributed by atoms with Gasteiger partial charge in [-0.05, 0) is 36.0 Å². The standard InChI is InChI=1S/C30H39N3O3/c1-23(2)30(22-31,25-13-5-4-6-14-25)19-10-9-17-28(34)33(20-11-15-26(33)29(32)35)21-18-24-12-7-8-16-27(24)36-3/h4-8,12-14,16,23,26H,9-11,15,17-21H2,1-3H3,(H-,32,35)/p+1/t26?,30-,33+/m0/s1. The fourth-order valence-corrected chi connectivity index (χ4v) is 5.93. The molecule has 36 heavy (non-hydrogen) atoms. The Morgan fingerprint density at radius 3 is 2.47 bits per heavy atom. The Morgan fingerprint density at radius 2 is 1.83 bits per heavy atom. The van der Waals surface area contributed by atoms with Crippen molar-refractivity contribution in [2.75, 3.05) is 20.2 Å². The highest BCUT2D eigenvalue weighted by atomic mass is 16.5. The van der Waals surface area contributed by atoms with Crippen LogP contribution in [0.2, 0.25) is 0 Å². The van der Waals surface area contributed by atoms with Crippen molar-refractivity contribution in [1.82, 2.24) is 0 Å². The Kier molecular flexibility index (Phi) is 9.28. The van der Waals surface area contributed by atoms with Gasteiger partial charge in [0.05, 0.1) is 38.1 Å². The molecule has 0 spiro atoms. The summed E-state index contributed by atoms with van der Waals surface area (Å²) in [5, 5.41) is 10.2. The van der Waals surface area contributed by atoms with Crippen LogP contribution < -0.4 is 10.5 Å². The Bertz CT molecular complexity index is 1080. The number of nitrogens with two attached hydrogens (primary N) is 1. The van der Waals surface area contributed by atoms with Gasteiger partial charge in [0.1, 0.15) is 5.75 Å². The molecule has 0 saturated carbocycles. The van der Waals surface area contributed by atoms with E-state index in [0.29, 0.717) is 45.2 Å². The summed E-state index contributed by atoms with van der Waals surface area (Å²) in [5.41, 5.74) is 7.27. The van der Waals surface area contributed by atoms with E-state index in [2.05, 4.69) is 19.9 Å². The van der Waals surface area contributed by atoms with E-state index in [1.54, 1.807) is 7.11 Å². The number of ether oxygens (including phenoxy) is 1. The Balaban J connectivity index is 1.72. The SMILES string of the molecule is COc1ccccc1CC[N@+]1(C(=O)CCCC[C@@](C#N)(c2ccccc2)C(C)C)CCCC1C(N)=O. The van der Waals surface area contributed by atoms with Crippen molar-refractivity contribution in [2.45, 2.75) is 70.3 Å². The molecule has 2 aromatic carbocycles. The molecule has 2 N–H and O–H groups in total. The van der Waals surface area contributed by atoms with Crippen molar-refractivity contribution in [1.29, 1.82) is 5.26 Å². The molecular weight excluding hydrogens is 450 g/mol. The van der Waals surface area contributed by atoms with Crippen LogP contribution in [0.1, 0.15) is 63.5 Å². The number of carbonyl (C=O) groups excluding carboxylic acids is 2. The van der Waals surface area contributed by atoms with Crippen LogP contribution in [0.3, 0.4) is 0 Å². The van der Waals surface area contributed by atoms with Crippen molar-refractivity contribution in [3.05, 3.63) is 65.7 Å². The van der Waals surface area contributed by atoms with Crippen molar-refractivity contribution < 1.29 is 18.8 Å². The molecule has 0 aromatic heterocycles. The fraction of sp³-hybridized carbons (Fsp3) is 0.500. The van der Waals surface area contributed by atoms with E-state index in [-0.39, 0.29) is 16.3 Å². The van der Waals surface area contributed by atoms with Crippen LogP contribution in [0.4, 0.5) is 0 Å². The number of nitrogens with zero attached hydrogens (tertiary/aromatic N) is 2. The van der Waals surface area contributed by atoms with Gasteiger partial charge in [0.15, 0.2) is 6.04 Å². The average Bonchev–Trinajstić information content (AvgIpc) is 3.34. The highest BCUT2D eigenvalue weighted by Crippen LogP contribution is 2.37. The molecule has 192 valence electrons. The summed E-state index contributed by atoms with van der Waals surface area (Å²) in [6.07, 6.45) is 4.61. The Morgan fingerprint density at radius 1 is 1.14 bits per heavy atom. The number of primary amides is 1. The van der Waals surface area contributed by atoms with Crippen molar-refractivity contribution in [3.8, 4) is 11.8 Å². The van der Waals surface area contributed by atoms with E-state index in [1.807, 2.05) is 54.6 Å². The zero-order valence-corrected chi connectivity index (χ0v) is 21.9. The average molecular weight is 491 g/mol. The van der Waals surface area contributed by atoms with Crippen LogP contribution in [0.25, 0.3) is 0 Å². The van der Waals surface area contributed by atoms with Gasteiger partial charge >= 0.3 is 5.91 Å². The van der Waals surface area contributed by atoms with E-state index in [4.69, 9.17) is 10.5 Å². The predicted octanol–water partition coefficient (Wildman–Crippen LogP) is 4.91. The largest absolute Gasteiger partial charge is 0.496 e. The quantitative estimate of drug-likeness (QED) is 0.338. The van der Waals surface area contributed by atoms with E-state index in [9.17, 15) is 14.9 Å². The minimum atomic E-state index is -0.580. The van der Waals surface area contributed by atoms with Crippen LogP contribution in [0.5, 0.6) is 5.75 Å². The first-order chi connectivity index (χ1) is 17.3. The minimum absolute atomic E-state index is 0.0815. The fourth-order valence-electron chi connectivity index (χ4n) is 5.93. The summed E-state index contributed by atoms with van der Waals surface area (Å²) >= 11 is 0. The van der Waals surface area contributed by atoms with Gasteiger partial charge in [-0.25, -0.2) is 4.79 Å². The third kappa shape index (κ3) is 5.63. The van der Waals surface area contributed by atoms with Gasteiger partial charge in [-0.1, -0.05) is 68.8 Å². The first-order valence-electron chi connectivity index (χ1n) is 13.1. The smallest absolute Gasteiger partial charge is 0.314 e. The molecule has 1 fully saturated rings. The van der Waals surface area contributed by atoms with Crippen LogP contribution in [0, 0.1) is 17.2 Å². The van der Waals surface area contributed by atoms with Crippen molar-refractivity contribution in [3.63, 3.8) is 0 Å². The summed E-state index contributed by atoms with van der Waals surface area (Å²) in [7, 11) is 1.64. The maximum atomic E-state index is 13.7. The van der Waals surface area contributed by atoms with E-state index >= 15 is 0 Å². The summed E-state index contributed by atoms with van der Waals surface area (Å²) in [4.78, 5) is 26.1. The van der Waals surface area contributed by atoms with Crippen LogP contribution in [-0.2, 0) is 21.4 Å². The van der Waals surface area contributed by atoms with E-state index in [1.165, 1.54) is 0 Å². The van der Waals surface area contributed by atoms with Crippen LogP contribution in [0.15, 0.2) is 54.6 Å². The molecule has 1 heterocycles. The van der Waals surface area contributed by atoms with Gasteiger partial charge < -0.3 is 10.5 Å². The number of carbonyl (C=O) groups is 2. The van der Waals surface area contributed by atoms with Gasteiger partial charge in [0.25, 0.3) is 5.91 Å². The number of rotatable bonds is 12. The maximum Gasteiger partial charge on any atom is 0.314 e. The van der Waals surface area contributed by atoms with E-state index < -0.39 is 17.4 Å². The van der Waals surface area contributed by atoms with Crippen molar-refractivity contribution in [2.24, 2.45) is 11.7 Å². The molecule has 3 atom stereocenters. The molecule has 6 nitrogen and oxygen atoms in total. The molecule has 3 rings (SSSR count). The molecule has 1 unspecified atom stereocenters. The Hall–Kier alpha value is -3.17. The zero-order chi connectivity index (χ0) is 26.2. The number of hydrogen-bond acceptors (Lipinski definition) is 4. The summed E-state index contributed by atoms with van der Waals surface area (Å²) in [6, 6.07) is 19.9. The number of amides is 2. The minimum Gasteiger partial charge on any atom is -0.496 e. The summed E-state index contributed by atoms with van der Waals surface area (Å²) < 4.78 is 5.62. The lowest BCUT2D eigenvalue weighted by Gasteiger charge is -2.36. The first-order valence-corrected chi connectivity index (χ1v) is 13.1. The first kappa shape index (κ1) is 27.4. The molecule has 1 aliphatic rings. The molecule has 2 amide bonds. The lowest BCUT2D eigenvalue weighted by Crippen LogP contribution is -2.61. The third-order valence-corrected chi connectivity index (χ3v) is 8.11. The molecular formula is C30H40N3O3+. The van der Waals surface area contributed by atoms with Gasteiger partial charge in [-0.3, -0.25) is 9.28 Å². The molecule has 0 bridgehead atoms. The summed E-state index contributed by atoms with van der Waals surface area (Å²) in [5.74, 6) is 0.629. The van der Waals surface area contributed by atoms with Gasteiger partial charge in [-0.2, -0.15) is 5.26 Å². The molecule has 6 heteroatoms. The number of quaternary nitrogens is 1. The highest BCUT2D eigenvalue weighted by Gasteiger charge is 2.50. The second-order valence-electron chi connectivity index (χ2n) is 10.3. The number of nitriles is 1. The predicted molar refractivity (Wildman–Crippen MR) is 141 cm³/mol. The number of hydrogen-bond donors (Lipinski definition) is 1. The molecule has 0 aliphatic carbocycles. The third-order valence-electron chi connectivity index (χ3n) is 8.11. The highest BCUT2D eigenvalue weighted by molar-refractivity contribution is 5.82.